The van der Waals surface area contributed by atoms with Crippen molar-refractivity contribution in [3.05, 3.63) is 41.2 Å². The summed E-state index contributed by atoms with van der Waals surface area (Å²) in [5, 5.41) is 11.6. The number of aromatic amines is 1. The topological polar surface area (TPSA) is 74.7 Å². The van der Waals surface area contributed by atoms with Crippen LogP contribution >= 0.6 is 0 Å². The summed E-state index contributed by atoms with van der Waals surface area (Å²) in [6.07, 6.45) is 2.75. The number of hydrogen-bond donors (Lipinski definition) is 3. The molecular weight excluding hydrogens is 290 g/mol. The van der Waals surface area contributed by atoms with Gasteiger partial charge in [-0.1, -0.05) is 0 Å². The van der Waals surface area contributed by atoms with E-state index in [2.05, 4.69) is 27.6 Å². The van der Waals surface area contributed by atoms with Gasteiger partial charge in [0, 0.05) is 35.2 Å². The number of aryl methyl sites for hydroxylation is 3. The van der Waals surface area contributed by atoms with Gasteiger partial charge in [0.2, 0.25) is 0 Å². The lowest BCUT2D eigenvalue weighted by Gasteiger charge is -2.17. The molecule has 0 aliphatic carbocycles. The first-order valence-electron chi connectivity index (χ1n) is 7.83. The van der Waals surface area contributed by atoms with Crippen molar-refractivity contribution in [2.75, 3.05) is 17.2 Å². The number of aromatic nitrogens is 3. The van der Waals surface area contributed by atoms with Gasteiger partial charge in [0.15, 0.2) is 0 Å². The van der Waals surface area contributed by atoms with Gasteiger partial charge >= 0.3 is 0 Å². The fraction of sp³-hybridized carbons (Fsp3) is 0.294. The molecule has 1 amide bonds. The van der Waals surface area contributed by atoms with Crippen molar-refractivity contribution in [1.29, 1.82) is 0 Å². The van der Waals surface area contributed by atoms with Crippen molar-refractivity contribution in [2.24, 2.45) is 0 Å². The number of amides is 1. The van der Waals surface area contributed by atoms with E-state index in [0.717, 1.165) is 47.6 Å². The third-order valence-corrected chi connectivity index (χ3v) is 4.50. The lowest BCUT2D eigenvalue weighted by atomic mass is 10.1. The summed E-state index contributed by atoms with van der Waals surface area (Å²) < 4.78 is 1.89. The van der Waals surface area contributed by atoms with Crippen molar-refractivity contribution >= 4 is 28.3 Å². The Morgan fingerprint density at radius 2 is 2.22 bits per heavy atom. The van der Waals surface area contributed by atoms with E-state index < -0.39 is 0 Å². The van der Waals surface area contributed by atoms with E-state index in [9.17, 15) is 4.79 Å². The van der Waals surface area contributed by atoms with E-state index >= 15 is 0 Å². The van der Waals surface area contributed by atoms with Crippen molar-refractivity contribution in [2.45, 2.75) is 26.8 Å². The predicted octanol–water partition coefficient (Wildman–Crippen LogP) is 3.05. The molecule has 0 unspecified atom stereocenters. The highest BCUT2D eigenvalue weighted by atomic mass is 16.1. The van der Waals surface area contributed by atoms with Crippen LogP contribution in [0.3, 0.4) is 0 Å². The monoisotopic (exact) mass is 309 g/mol. The Hall–Kier alpha value is -2.76. The molecule has 1 aliphatic heterocycles. The third kappa shape index (κ3) is 2.27. The van der Waals surface area contributed by atoms with Gasteiger partial charge in [-0.2, -0.15) is 5.10 Å². The smallest absolute Gasteiger partial charge is 0.255 e. The highest BCUT2D eigenvalue weighted by Crippen LogP contribution is 2.26. The number of carbonyl (C=O) groups is 1. The number of fused-ring (bicyclic) bond motifs is 2. The van der Waals surface area contributed by atoms with Gasteiger partial charge in [-0.05, 0) is 44.0 Å². The molecule has 0 radical (unpaired) electrons. The third-order valence-electron chi connectivity index (χ3n) is 4.50. The largest absolute Gasteiger partial charge is 0.368 e. The van der Waals surface area contributed by atoms with Crippen LogP contribution in [0, 0.1) is 13.8 Å². The minimum atomic E-state index is -0.117. The van der Waals surface area contributed by atoms with E-state index in [-0.39, 0.29) is 5.91 Å². The quantitative estimate of drug-likeness (QED) is 0.681. The Morgan fingerprint density at radius 3 is 3.09 bits per heavy atom. The lowest BCUT2D eigenvalue weighted by Crippen LogP contribution is -2.19. The van der Waals surface area contributed by atoms with E-state index in [4.69, 9.17) is 0 Å². The summed E-state index contributed by atoms with van der Waals surface area (Å²) in [6, 6.07) is 5.74. The van der Waals surface area contributed by atoms with Crippen LogP contribution in [-0.4, -0.2) is 27.2 Å². The molecular formula is C17H19N5O. The summed E-state index contributed by atoms with van der Waals surface area (Å²) in [4.78, 5) is 15.9. The fourth-order valence-corrected chi connectivity index (χ4v) is 3.07. The molecule has 0 atom stereocenters. The molecule has 0 fully saturated rings. The Morgan fingerprint density at radius 1 is 1.35 bits per heavy atom. The van der Waals surface area contributed by atoms with Crippen LogP contribution in [0.15, 0.2) is 24.4 Å². The molecule has 3 aromatic rings. The van der Waals surface area contributed by atoms with Gasteiger partial charge in [0.05, 0.1) is 6.20 Å². The maximum absolute atomic E-state index is 12.6. The van der Waals surface area contributed by atoms with Crippen LogP contribution in [0.25, 0.3) is 10.9 Å². The molecule has 0 spiro atoms. The minimum absolute atomic E-state index is 0.117. The zero-order valence-electron chi connectivity index (χ0n) is 13.2. The Labute approximate surface area is 133 Å². The molecule has 3 heterocycles. The molecule has 1 aliphatic rings. The first kappa shape index (κ1) is 13.9. The van der Waals surface area contributed by atoms with Gasteiger partial charge in [-0.25, -0.2) is 4.68 Å². The highest BCUT2D eigenvalue weighted by molar-refractivity contribution is 6.07. The molecule has 2 aromatic heterocycles. The number of rotatable bonds is 2. The van der Waals surface area contributed by atoms with Crippen molar-refractivity contribution in [3.63, 3.8) is 0 Å². The number of benzene rings is 1. The minimum Gasteiger partial charge on any atom is -0.368 e. The maximum atomic E-state index is 12.6. The summed E-state index contributed by atoms with van der Waals surface area (Å²) >= 11 is 0. The second-order valence-corrected chi connectivity index (χ2v) is 6.00. The Balaban J connectivity index is 1.64. The average molecular weight is 309 g/mol. The second-order valence-electron chi connectivity index (χ2n) is 6.00. The maximum Gasteiger partial charge on any atom is 0.255 e. The van der Waals surface area contributed by atoms with Crippen molar-refractivity contribution < 1.29 is 4.79 Å². The normalized spacial score (nSPS) is 13.7. The van der Waals surface area contributed by atoms with E-state index in [1.807, 2.05) is 29.8 Å². The van der Waals surface area contributed by atoms with Crippen LogP contribution in [0.4, 0.5) is 11.5 Å². The fourth-order valence-electron chi connectivity index (χ4n) is 3.07. The van der Waals surface area contributed by atoms with Crippen molar-refractivity contribution in [1.82, 2.24) is 14.8 Å². The molecule has 6 nitrogen and oxygen atoms in total. The second kappa shape index (κ2) is 5.15. The lowest BCUT2D eigenvalue weighted by molar-refractivity contribution is 0.102. The first-order valence-corrected chi connectivity index (χ1v) is 7.83. The van der Waals surface area contributed by atoms with Crippen molar-refractivity contribution in [3.8, 4) is 0 Å². The Kier molecular flexibility index (Phi) is 3.11. The molecule has 4 rings (SSSR count). The summed E-state index contributed by atoms with van der Waals surface area (Å²) in [5.74, 6) is 0.771. The molecule has 6 heteroatoms. The van der Waals surface area contributed by atoms with Gasteiger partial charge in [0.1, 0.15) is 11.5 Å². The molecule has 23 heavy (non-hydrogen) atoms. The zero-order chi connectivity index (χ0) is 16.0. The van der Waals surface area contributed by atoms with Gasteiger partial charge < -0.3 is 15.6 Å². The van der Waals surface area contributed by atoms with Crippen LogP contribution < -0.4 is 10.6 Å². The first-order chi connectivity index (χ1) is 11.1. The molecule has 3 N–H and O–H groups in total. The zero-order valence-corrected chi connectivity index (χ0v) is 13.2. The van der Waals surface area contributed by atoms with Crippen LogP contribution in [0.1, 0.15) is 28.0 Å². The number of H-pyrrole nitrogens is 1. The average Bonchev–Trinajstić information content (AvgIpc) is 3.09. The molecule has 118 valence electrons. The molecule has 0 bridgehead atoms. The number of nitrogens with zero attached hydrogens (tertiary/aromatic N) is 2. The molecule has 1 aromatic carbocycles. The number of carbonyl (C=O) groups excluding carboxylic acids is 1. The molecule has 0 saturated heterocycles. The predicted molar refractivity (Wildman–Crippen MR) is 91.1 cm³/mol. The van der Waals surface area contributed by atoms with Crippen LogP contribution in [0.5, 0.6) is 0 Å². The number of hydrogen-bond acceptors (Lipinski definition) is 3. The summed E-state index contributed by atoms with van der Waals surface area (Å²) in [6.45, 7) is 5.89. The number of nitrogens with one attached hydrogen (secondary N) is 3. The van der Waals surface area contributed by atoms with Gasteiger partial charge in [-0.15, -0.1) is 0 Å². The van der Waals surface area contributed by atoms with E-state index in [1.54, 1.807) is 6.20 Å². The van der Waals surface area contributed by atoms with E-state index in [1.165, 1.54) is 5.56 Å². The highest BCUT2D eigenvalue weighted by Gasteiger charge is 2.17. The van der Waals surface area contributed by atoms with Gasteiger partial charge in [-0.3, -0.25) is 4.79 Å². The summed E-state index contributed by atoms with van der Waals surface area (Å²) in [7, 11) is 0. The van der Waals surface area contributed by atoms with Crippen LogP contribution in [0.2, 0.25) is 0 Å². The van der Waals surface area contributed by atoms with Crippen LogP contribution in [-0.2, 0) is 6.54 Å². The summed E-state index contributed by atoms with van der Waals surface area (Å²) in [5.41, 5.74) is 4.75. The SMILES string of the molecule is Cc1[nH]c2ccc(C(=O)Nc3cnn4c3NCCC4)cc2c1C. The van der Waals surface area contributed by atoms with Gasteiger partial charge in [0.25, 0.3) is 5.91 Å². The molecule has 0 saturated carbocycles. The standard InChI is InChI=1S/C17H19N5O/c1-10-11(2)20-14-5-4-12(8-13(10)14)17(23)21-15-9-19-22-7-3-6-18-16(15)22/h4-5,8-9,18,20H,3,6-7H2,1-2H3,(H,21,23). The van der Waals surface area contributed by atoms with E-state index in [0.29, 0.717) is 5.56 Å². The Bertz CT molecular complexity index is 905. The number of anilines is 2.